The van der Waals surface area contributed by atoms with Gasteiger partial charge >= 0.3 is 0 Å². The molecule has 2 rings (SSSR count). The van der Waals surface area contributed by atoms with E-state index in [2.05, 4.69) is 21.2 Å². The predicted octanol–water partition coefficient (Wildman–Crippen LogP) is 2.13. The predicted molar refractivity (Wildman–Crippen MR) is 78.9 cm³/mol. The highest BCUT2D eigenvalue weighted by Gasteiger charge is 2.20. The zero-order valence-corrected chi connectivity index (χ0v) is 12.4. The summed E-state index contributed by atoms with van der Waals surface area (Å²) in [4.78, 5) is 13.8. The molecule has 0 bridgehead atoms. The van der Waals surface area contributed by atoms with Crippen molar-refractivity contribution >= 4 is 27.5 Å². The average Bonchev–Trinajstić information content (AvgIpc) is 2.50. The second-order valence-corrected chi connectivity index (χ2v) is 5.14. The van der Waals surface area contributed by atoms with E-state index in [1.165, 1.54) is 6.20 Å². The third-order valence-electron chi connectivity index (χ3n) is 2.88. The summed E-state index contributed by atoms with van der Waals surface area (Å²) >= 11 is 3.35. The molecule has 104 valence electrons. The maximum Gasteiger partial charge on any atom is 0.266 e. The number of carbonyl (C=O) groups excluding carboxylic acids is 1. The Morgan fingerprint density at radius 2 is 2.00 bits per heavy atom. The van der Waals surface area contributed by atoms with Crippen molar-refractivity contribution in [1.29, 1.82) is 5.26 Å². The van der Waals surface area contributed by atoms with Gasteiger partial charge in [0.05, 0.1) is 13.2 Å². The quantitative estimate of drug-likeness (QED) is 0.678. The van der Waals surface area contributed by atoms with Crippen LogP contribution in [0.4, 0.5) is 5.69 Å². The molecular weight excluding hydrogens is 322 g/mol. The maximum atomic E-state index is 12.1. The van der Waals surface area contributed by atoms with E-state index in [1.807, 2.05) is 30.3 Å². The molecule has 1 N–H and O–H groups in total. The second-order valence-electron chi connectivity index (χ2n) is 4.23. The van der Waals surface area contributed by atoms with Crippen LogP contribution in [0.3, 0.4) is 0 Å². The van der Waals surface area contributed by atoms with Gasteiger partial charge in [-0.1, -0.05) is 15.9 Å². The number of nitrogens with zero attached hydrogens (tertiary/aromatic N) is 2. The Kier molecular flexibility index (Phi) is 5.16. The van der Waals surface area contributed by atoms with Crippen LogP contribution in [0, 0.1) is 11.3 Å². The molecule has 1 aliphatic heterocycles. The van der Waals surface area contributed by atoms with Crippen molar-refractivity contribution < 1.29 is 9.53 Å². The van der Waals surface area contributed by atoms with Crippen LogP contribution in [0.15, 0.2) is 40.5 Å². The molecule has 0 aliphatic carbocycles. The van der Waals surface area contributed by atoms with Crippen LogP contribution in [0.1, 0.15) is 0 Å². The van der Waals surface area contributed by atoms with E-state index in [0.717, 1.165) is 10.2 Å². The fraction of sp³-hybridized carbons (Fsp3) is 0.286. The highest BCUT2D eigenvalue weighted by Crippen LogP contribution is 2.14. The van der Waals surface area contributed by atoms with Crippen molar-refractivity contribution in [2.24, 2.45) is 0 Å². The number of morpholine rings is 1. The Bertz CT molecular complexity index is 543. The summed E-state index contributed by atoms with van der Waals surface area (Å²) in [5, 5.41) is 12.1. The minimum Gasteiger partial charge on any atom is -0.378 e. The Balaban J connectivity index is 2.03. The van der Waals surface area contributed by atoms with E-state index in [-0.39, 0.29) is 11.5 Å². The monoisotopic (exact) mass is 335 g/mol. The molecule has 0 spiro atoms. The van der Waals surface area contributed by atoms with Gasteiger partial charge in [0, 0.05) is 29.4 Å². The van der Waals surface area contributed by atoms with Gasteiger partial charge in [0.2, 0.25) is 0 Å². The van der Waals surface area contributed by atoms with Crippen LogP contribution in [-0.4, -0.2) is 37.1 Å². The molecule has 5 nitrogen and oxygen atoms in total. The third kappa shape index (κ3) is 3.83. The van der Waals surface area contributed by atoms with Crippen LogP contribution < -0.4 is 5.32 Å². The van der Waals surface area contributed by atoms with E-state index >= 15 is 0 Å². The molecule has 0 aromatic heterocycles. The summed E-state index contributed by atoms with van der Waals surface area (Å²) in [6, 6.07) is 9.41. The Morgan fingerprint density at radius 1 is 1.35 bits per heavy atom. The normalized spacial score (nSPS) is 15.6. The van der Waals surface area contributed by atoms with E-state index in [4.69, 9.17) is 10.00 Å². The fourth-order valence-corrected chi connectivity index (χ4v) is 2.04. The Hall–Kier alpha value is -1.84. The van der Waals surface area contributed by atoms with Crippen molar-refractivity contribution in [1.82, 2.24) is 4.90 Å². The lowest BCUT2D eigenvalue weighted by molar-refractivity contribution is -0.130. The number of nitriles is 1. The van der Waals surface area contributed by atoms with Gasteiger partial charge in [-0.05, 0) is 24.3 Å². The van der Waals surface area contributed by atoms with Crippen LogP contribution >= 0.6 is 15.9 Å². The molecule has 0 radical (unpaired) electrons. The lowest BCUT2D eigenvalue weighted by atomic mass is 10.2. The molecule has 1 fully saturated rings. The Labute approximate surface area is 126 Å². The number of ether oxygens (including phenoxy) is 1. The molecule has 1 heterocycles. The summed E-state index contributed by atoms with van der Waals surface area (Å²) < 4.78 is 6.16. The first-order valence-electron chi connectivity index (χ1n) is 6.20. The molecule has 1 saturated heterocycles. The van der Waals surface area contributed by atoms with Gasteiger partial charge < -0.3 is 15.0 Å². The fourth-order valence-electron chi connectivity index (χ4n) is 1.78. The lowest BCUT2D eigenvalue weighted by Crippen LogP contribution is -2.41. The zero-order chi connectivity index (χ0) is 14.4. The first kappa shape index (κ1) is 14.6. The minimum atomic E-state index is -0.264. The van der Waals surface area contributed by atoms with Gasteiger partial charge in [-0.15, -0.1) is 0 Å². The van der Waals surface area contributed by atoms with Gasteiger partial charge in [-0.25, -0.2) is 0 Å². The number of benzene rings is 1. The maximum absolute atomic E-state index is 12.1. The van der Waals surface area contributed by atoms with Gasteiger partial charge in [-0.3, -0.25) is 4.79 Å². The highest BCUT2D eigenvalue weighted by molar-refractivity contribution is 9.10. The number of halogens is 1. The van der Waals surface area contributed by atoms with Crippen molar-refractivity contribution in [3.05, 3.63) is 40.5 Å². The number of hydrogen-bond acceptors (Lipinski definition) is 4. The standard InChI is InChI=1S/C14H14BrN3O2/c15-12-1-3-13(4-2-12)17-10-11(9-16)14(19)18-5-7-20-8-6-18/h1-4,10,17H,5-8H2. The number of nitrogens with one attached hydrogen (secondary N) is 1. The molecular formula is C14H14BrN3O2. The summed E-state index contributed by atoms with van der Waals surface area (Å²) in [7, 11) is 0. The highest BCUT2D eigenvalue weighted by atomic mass is 79.9. The summed E-state index contributed by atoms with van der Waals surface area (Å²) in [6.45, 7) is 2.08. The summed E-state index contributed by atoms with van der Waals surface area (Å²) in [5.41, 5.74) is 0.908. The molecule has 1 aliphatic rings. The van der Waals surface area contributed by atoms with Crippen LogP contribution in [0.2, 0.25) is 0 Å². The van der Waals surface area contributed by atoms with E-state index in [9.17, 15) is 4.79 Å². The minimum absolute atomic E-state index is 0.0924. The van der Waals surface area contributed by atoms with Crippen molar-refractivity contribution in [3.63, 3.8) is 0 Å². The largest absolute Gasteiger partial charge is 0.378 e. The van der Waals surface area contributed by atoms with Crippen LogP contribution in [0.5, 0.6) is 0 Å². The molecule has 0 atom stereocenters. The first-order chi connectivity index (χ1) is 9.70. The van der Waals surface area contributed by atoms with Gasteiger partial charge in [-0.2, -0.15) is 5.26 Å². The first-order valence-corrected chi connectivity index (χ1v) is 6.99. The molecule has 0 unspecified atom stereocenters. The average molecular weight is 336 g/mol. The smallest absolute Gasteiger partial charge is 0.266 e. The molecule has 6 heteroatoms. The van der Waals surface area contributed by atoms with Crippen molar-refractivity contribution in [2.45, 2.75) is 0 Å². The molecule has 0 saturated carbocycles. The lowest BCUT2D eigenvalue weighted by Gasteiger charge is -2.26. The van der Waals surface area contributed by atoms with E-state index in [1.54, 1.807) is 4.90 Å². The SMILES string of the molecule is N#CC(=CNc1ccc(Br)cc1)C(=O)N1CCOCC1. The van der Waals surface area contributed by atoms with Crippen molar-refractivity contribution in [2.75, 3.05) is 31.6 Å². The summed E-state index contributed by atoms with van der Waals surface area (Å²) in [6.07, 6.45) is 1.45. The van der Waals surface area contributed by atoms with Gasteiger partial charge in [0.15, 0.2) is 0 Å². The van der Waals surface area contributed by atoms with E-state index < -0.39 is 0 Å². The van der Waals surface area contributed by atoms with Crippen LogP contribution in [0.25, 0.3) is 0 Å². The number of hydrogen-bond donors (Lipinski definition) is 1. The number of rotatable bonds is 3. The Morgan fingerprint density at radius 3 is 2.60 bits per heavy atom. The third-order valence-corrected chi connectivity index (χ3v) is 3.41. The van der Waals surface area contributed by atoms with Gasteiger partial charge in [0.1, 0.15) is 11.6 Å². The summed E-state index contributed by atoms with van der Waals surface area (Å²) in [5.74, 6) is -0.264. The topological polar surface area (TPSA) is 65.4 Å². The van der Waals surface area contributed by atoms with E-state index in [0.29, 0.717) is 26.3 Å². The second kappa shape index (κ2) is 7.08. The molecule has 1 aromatic rings. The van der Waals surface area contributed by atoms with Crippen LogP contribution in [-0.2, 0) is 9.53 Å². The number of anilines is 1. The number of amides is 1. The molecule has 1 aromatic carbocycles. The molecule has 20 heavy (non-hydrogen) atoms. The zero-order valence-electron chi connectivity index (χ0n) is 10.8. The number of carbonyl (C=O) groups is 1. The van der Waals surface area contributed by atoms with Gasteiger partial charge in [0.25, 0.3) is 5.91 Å². The van der Waals surface area contributed by atoms with Crippen molar-refractivity contribution in [3.8, 4) is 6.07 Å². The molecule has 1 amide bonds.